The molecule has 0 saturated heterocycles. The van der Waals surface area contributed by atoms with E-state index in [1.54, 1.807) is 24.9 Å². The third-order valence-corrected chi connectivity index (χ3v) is 1.41. The van der Waals surface area contributed by atoms with Gasteiger partial charge < -0.3 is 5.11 Å². The van der Waals surface area contributed by atoms with Crippen molar-refractivity contribution in [3.63, 3.8) is 0 Å². The Balaban J connectivity index is 2.89. The molecule has 0 amide bonds. The van der Waals surface area contributed by atoms with Crippen LogP contribution in [0.2, 0.25) is 0 Å². The highest BCUT2D eigenvalue weighted by molar-refractivity contribution is 4.93. The zero-order valence-electron chi connectivity index (χ0n) is 7.07. The van der Waals surface area contributed by atoms with E-state index in [2.05, 4.69) is 10.1 Å². The molecule has 1 heterocycles. The largest absolute Gasteiger partial charge is 0.382 e. The summed E-state index contributed by atoms with van der Waals surface area (Å²) >= 11 is 0. The predicted octanol–water partition coefficient (Wildman–Crippen LogP) is 0.525. The van der Waals surface area contributed by atoms with Gasteiger partial charge in [0, 0.05) is 6.54 Å². The molecule has 0 atom stereocenters. The Morgan fingerprint density at radius 3 is 2.55 bits per heavy atom. The Morgan fingerprint density at radius 2 is 2.27 bits per heavy atom. The van der Waals surface area contributed by atoms with Crippen LogP contribution in [0, 0.1) is 0 Å². The zero-order chi connectivity index (χ0) is 8.48. The molecule has 0 fully saturated rings. The van der Waals surface area contributed by atoms with Gasteiger partial charge >= 0.3 is 0 Å². The fraction of sp³-hybridized carbons (Fsp3) is 0.714. The summed E-state index contributed by atoms with van der Waals surface area (Å²) in [5, 5.41) is 13.5. The molecule has 0 spiro atoms. The van der Waals surface area contributed by atoms with Gasteiger partial charge in [0.1, 0.15) is 11.9 Å². The average molecular weight is 155 g/mol. The Labute approximate surface area is 65.9 Å². The fourth-order valence-electron chi connectivity index (χ4n) is 0.727. The van der Waals surface area contributed by atoms with Gasteiger partial charge in [-0.25, -0.2) is 4.98 Å². The van der Waals surface area contributed by atoms with Crippen LogP contribution in [0.4, 0.5) is 0 Å². The smallest absolute Gasteiger partial charge is 0.181 e. The van der Waals surface area contributed by atoms with Crippen LogP contribution in [0.3, 0.4) is 0 Å². The normalized spacial score (nSPS) is 12.0. The molecule has 1 aromatic heterocycles. The van der Waals surface area contributed by atoms with Crippen LogP contribution in [0.5, 0.6) is 0 Å². The van der Waals surface area contributed by atoms with Crippen molar-refractivity contribution in [3.8, 4) is 0 Å². The maximum Gasteiger partial charge on any atom is 0.181 e. The lowest BCUT2D eigenvalue weighted by atomic mass is 10.1. The summed E-state index contributed by atoms with van der Waals surface area (Å²) < 4.78 is 1.69. The second-order valence-corrected chi connectivity index (χ2v) is 2.98. The molecule has 4 heteroatoms. The van der Waals surface area contributed by atoms with Crippen molar-refractivity contribution in [2.24, 2.45) is 0 Å². The minimum Gasteiger partial charge on any atom is -0.382 e. The molecule has 0 unspecified atom stereocenters. The van der Waals surface area contributed by atoms with E-state index >= 15 is 0 Å². The minimum absolute atomic E-state index is 0.472. The van der Waals surface area contributed by atoms with E-state index in [0.717, 1.165) is 6.54 Å². The topological polar surface area (TPSA) is 50.9 Å². The second-order valence-electron chi connectivity index (χ2n) is 2.98. The molecule has 1 aromatic rings. The van der Waals surface area contributed by atoms with E-state index in [4.69, 9.17) is 0 Å². The van der Waals surface area contributed by atoms with Crippen LogP contribution >= 0.6 is 0 Å². The average Bonchev–Trinajstić information content (AvgIpc) is 2.32. The standard InChI is InChI=1S/C7H13N3O/c1-4-10-5-8-6(9-10)7(2,3)11/h5,11H,4H2,1-3H3. The van der Waals surface area contributed by atoms with Gasteiger partial charge in [-0.05, 0) is 20.8 Å². The number of rotatable bonds is 2. The number of aromatic nitrogens is 3. The zero-order valence-corrected chi connectivity index (χ0v) is 7.07. The molecule has 62 valence electrons. The first-order valence-electron chi connectivity index (χ1n) is 3.66. The highest BCUT2D eigenvalue weighted by atomic mass is 16.3. The molecule has 0 saturated carbocycles. The van der Waals surface area contributed by atoms with Gasteiger partial charge in [-0.3, -0.25) is 4.68 Å². The van der Waals surface area contributed by atoms with E-state index in [0.29, 0.717) is 5.82 Å². The molecule has 0 bridgehead atoms. The number of aryl methyl sites for hydroxylation is 1. The van der Waals surface area contributed by atoms with Crippen molar-refractivity contribution in [2.75, 3.05) is 0 Å². The molecule has 0 radical (unpaired) electrons. The summed E-state index contributed by atoms with van der Waals surface area (Å²) in [4.78, 5) is 3.96. The van der Waals surface area contributed by atoms with Gasteiger partial charge in [-0.1, -0.05) is 0 Å². The van der Waals surface area contributed by atoms with Crippen molar-refractivity contribution in [1.29, 1.82) is 0 Å². The summed E-state index contributed by atoms with van der Waals surface area (Å²) in [6.45, 7) is 6.09. The van der Waals surface area contributed by atoms with Crippen molar-refractivity contribution in [2.45, 2.75) is 32.9 Å². The Morgan fingerprint density at radius 1 is 1.64 bits per heavy atom. The molecular formula is C7H13N3O. The first-order chi connectivity index (χ1) is 5.04. The SMILES string of the molecule is CCn1cnc(C(C)(C)O)n1. The van der Waals surface area contributed by atoms with Crippen LogP contribution in [0.25, 0.3) is 0 Å². The highest BCUT2D eigenvalue weighted by Gasteiger charge is 2.20. The van der Waals surface area contributed by atoms with E-state index in [-0.39, 0.29) is 0 Å². The number of aliphatic hydroxyl groups is 1. The maximum atomic E-state index is 9.46. The Kier molecular flexibility index (Phi) is 1.95. The van der Waals surface area contributed by atoms with Gasteiger partial charge in [0.15, 0.2) is 5.82 Å². The second kappa shape index (κ2) is 2.62. The van der Waals surface area contributed by atoms with Crippen molar-refractivity contribution in [3.05, 3.63) is 12.2 Å². The molecule has 1 rings (SSSR count). The van der Waals surface area contributed by atoms with Gasteiger partial charge in [-0.2, -0.15) is 5.10 Å². The van der Waals surface area contributed by atoms with Crippen molar-refractivity contribution in [1.82, 2.24) is 14.8 Å². The van der Waals surface area contributed by atoms with E-state index in [1.165, 1.54) is 0 Å². The number of nitrogens with zero attached hydrogens (tertiary/aromatic N) is 3. The third-order valence-electron chi connectivity index (χ3n) is 1.41. The summed E-state index contributed by atoms with van der Waals surface area (Å²) in [7, 11) is 0. The van der Waals surface area contributed by atoms with Crippen LogP contribution in [-0.2, 0) is 12.1 Å². The van der Waals surface area contributed by atoms with Gasteiger partial charge in [0.05, 0.1) is 0 Å². The molecule has 1 N–H and O–H groups in total. The predicted molar refractivity (Wildman–Crippen MR) is 40.9 cm³/mol. The van der Waals surface area contributed by atoms with Gasteiger partial charge in [0.2, 0.25) is 0 Å². The first-order valence-corrected chi connectivity index (χ1v) is 3.66. The molecule has 0 aliphatic carbocycles. The van der Waals surface area contributed by atoms with E-state index < -0.39 is 5.60 Å². The van der Waals surface area contributed by atoms with Crippen molar-refractivity contribution >= 4 is 0 Å². The lowest BCUT2D eigenvalue weighted by Crippen LogP contribution is -2.18. The van der Waals surface area contributed by atoms with Gasteiger partial charge in [0.25, 0.3) is 0 Å². The lowest BCUT2D eigenvalue weighted by Gasteiger charge is -2.10. The number of hydrogen-bond donors (Lipinski definition) is 1. The molecule has 0 aliphatic heterocycles. The fourth-order valence-corrected chi connectivity index (χ4v) is 0.727. The molecule has 4 nitrogen and oxygen atoms in total. The maximum absolute atomic E-state index is 9.46. The quantitative estimate of drug-likeness (QED) is 0.677. The Bertz CT molecular complexity index is 236. The van der Waals surface area contributed by atoms with E-state index in [1.807, 2.05) is 6.92 Å². The van der Waals surface area contributed by atoms with E-state index in [9.17, 15) is 5.11 Å². The van der Waals surface area contributed by atoms with Crippen molar-refractivity contribution < 1.29 is 5.11 Å². The minimum atomic E-state index is -0.930. The summed E-state index contributed by atoms with van der Waals surface area (Å²) in [5.41, 5.74) is -0.930. The summed E-state index contributed by atoms with van der Waals surface area (Å²) in [5.74, 6) is 0.472. The monoisotopic (exact) mass is 155 g/mol. The molecular weight excluding hydrogens is 142 g/mol. The van der Waals surface area contributed by atoms with Gasteiger partial charge in [-0.15, -0.1) is 0 Å². The molecule has 0 aromatic carbocycles. The summed E-state index contributed by atoms with van der Waals surface area (Å²) in [6, 6.07) is 0. The number of hydrogen-bond acceptors (Lipinski definition) is 3. The highest BCUT2D eigenvalue weighted by Crippen LogP contribution is 2.13. The molecule has 11 heavy (non-hydrogen) atoms. The van der Waals surface area contributed by atoms with Crippen LogP contribution in [-0.4, -0.2) is 19.9 Å². The van der Waals surface area contributed by atoms with Crippen LogP contribution < -0.4 is 0 Å². The first kappa shape index (κ1) is 8.20. The third kappa shape index (κ3) is 1.77. The van der Waals surface area contributed by atoms with Crippen LogP contribution in [0.1, 0.15) is 26.6 Å². The summed E-state index contributed by atoms with van der Waals surface area (Å²) in [6.07, 6.45) is 1.62. The van der Waals surface area contributed by atoms with Crippen LogP contribution in [0.15, 0.2) is 6.33 Å². The Hall–Kier alpha value is -0.900. The molecule has 0 aliphatic rings. The lowest BCUT2D eigenvalue weighted by molar-refractivity contribution is 0.0685.